The third-order valence-corrected chi connectivity index (χ3v) is 13.3. The summed E-state index contributed by atoms with van der Waals surface area (Å²) in [4.78, 5) is 2.42. The number of hydrogen-bond acceptors (Lipinski definition) is 2. The fourth-order valence-electron chi connectivity index (χ4n) is 10.7. The van der Waals surface area contributed by atoms with E-state index in [1.54, 1.807) is 0 Å². The molecule has 1 spiro atoms. The van der Waals surface area contributed by atoms with E-state index in [9.17, 15) is 0 Å². The molecule has 0 bridgehead atoms. The third kappa shape index (κ3) is 4.85. The van der Waals surface area contributed by atoms with E-state index in [1.165, 1.54) is 66.4 Å². The van der Waals surface area contributed by atoms with Gasteiger partial charge in [-0.3, -0.25) is 0 Å². The summed E-state index contributed by atoms with van der Waals surface area (Å²) >= 11 is 0. The van der Waals surface area contributed by atoms with Crippen LogP contribution in [0.5, 0.6) is 0 Å². The molecule has 1 aromatic heterocycles. The second-order valence-electron chi connectivity index (χ2n) is 16.3. The Balaban J connectivity index is 1.01. The lowest BCUT2D eigenvalue weighted by molar-refractivity contribution is 0.669. The fraction of sp³-hybridized carbons (Fsp3) is 0.0169. The fourth-order valence-corrected chi connectivity index (χ4v) is 10.7. The Hall–Kier alpha value is -7.94. The van der Waals surface area contributed by atoms with E-state index in [1.807, 2.05) is 12.1 Å². The van der Waals surface area contributed by atoms with E-state index in [-0.39, 0.29) is 0 Å². The maximum atomic E-state index is 6.29. The molecule has 0 radical (unpaired) electrons. The van der Waals surface area contributed by atoms with Crippen LogP contribution in [0.25, 0.3) is 77.2 Å². The second kappa shape index (κ2) is 13.0. The SMILES string of the molecule is c1ccc2c(c1)-c1ccccc1C21c2ccccc2-c2ccc(N(c3ccc(-c4cccc5ccccc45)cc3)c3ccc(-c4cccc5oc6ccccc6c45)cc3)cc21. The van der Waals surface area contributed by atoms with Crippen LogP contribution in [0.4, 0.5) is 17.1 Å². The highest BCUT2D eigenvalue weighted by Crippen LogP contribution is 2.63. The minimum Gasteiger partial charge on any atom is -0.456 e. The largest absolute Gasteiger partial charge is 0.456 e. The molecule has 61 heavy (non-hydrogen) atoms. The lowest BCUT2D eigenvalue weighted by atomic mass is 9.70. The Morgan fingerprint density at radius 3 is 1.44 bits per heavy atom. The monoisotopic (exact) mass is 775 g/mol. The number of nitrogens with zero attached hydrogens (tertiary/aromatic N) is 1. The zero-order chi connectivity index (χ0) is 40.1. The van der Waals surface area contributed by atoms with Crippen molar-refractivity contribution in [1.29, 1.82) is 0 Å². The molecule has 0 unspecified atom stereocenters. The van der Waals surface area contributed by atoms with Crippen molar-refractivity contribution in [2.75, 3.05) is 4.90 Å². The molecule has 0 saturated heterocycles. The summed E-state index contributed by atoms with van der Waals surface area (Å²) in [7, 11) is 0. The van der Waals surface area contributed by atoms with Crippen LogP contribution >= 0.6 is 0 Å². The molecular weight excluding hydrogens is 739 g/mol. The van der Waals surface area contributed by atoms with Gasteiger partial charge in [-0.25, -0.2) is 0 Å². The number of fused-ring (bicyclic) bond motifs is 14. The van der Waals surface area contributed by atoms with E-state index in [4.69, 9.17) is 4.42 Å². The van der Waals surface area contributed by atoms with Crippen molar-refractivity contribution in [1.82, 2.24) is 0 Å². The van der Waals surface area contributed by atoms with Crippen LogP contribution in [-0.4, -0.2) is 0 Å². The average Bonchev–Trinajstić information content (AvgIpc) is 3.96. The van der Waals surface area contributed by atoms with Crippen LogP contribution in [0, 0.1) is 0 Å². The summed E-state index contributed by atoms with van der Waals surface area (Å²) in [6.07, 6.45) is 0. The van der Waals surface area contributed by atoms with Crippen molar-refractivity contribution in [3.63, 3.8) is 0 Å². The standard InChI is InChI=1S/C59H37NO/c1-2-15-44-38(13-1)14-11-20-45(44)39-27-31-41(32-28-39)60(42-33-29-40(30-34-42)46-21-12-26-57-58(46)51-19-6-10-25-56(51)61-57)43-35-36-50-49-18-5-9-24-54(49)59(55(50)37-43)52-22-7-3-16-47(52)48-17-4-8-23-53(48)59/h1-37H. The van der Waals surface area contributed by atoms with Crippen molar-refractivity contribution < 1.29 is 4.42 Å². The van der Waals surface area contributed by atoms with Crippen LogP contribution in [0.1, 0.15) is 22.3 Å². The molecule has 10 aromatic carbocycles. The molecule has 0 atom stereocenters. The highest BCUT2D eigenvalue weighted by Gasteiger charge is 2.51. The van der Waals surface area contributed by atoms with Gasteiger partial charge in [0.1, 0.15) is 11.2 Å². The number of hydrogen-bond donors (Lipinski definition) is 0. The molecule has 284 valence electrons. The van der Waals surface area contributed by atoms with E-state index in [2.05, 4.69) is 217 Å². The van der Waals surface area contributed by atoms with Gasteiger partial charge in [0, 0.05) is 27.8 Å². The average molecular weight is 776 g/mol. The van der Waals surface area contributed by atoms with E-state index < -0.39 is 5.41 Å². The summed E-state index contributed by atoms with van der Waals surface area (Å²) in [6.45, 7) is 0. The molecule has 11 aromatic rings. The Bertz CT molecular complexity index is 3470. The molecule has 0 N–H and O–H groups in total. The topological polar surface area (TPSA) is 16.4 Å². The van der Waals surface area contributed by atoms with Crippen LogP contribution in [0.3, 0.4) is 0 Å². The van der Waals surface area contributed by atoms with Crippen LogP contribution in [-0.2, 0) is 5.41 Å². The second-order valence-corrected chi connectivity index (χ2v) is 16.3. The number of benzene rings is 10. The molecule has 0 aliphatic heterocycles. The molecule has 2 nitrogen and oxygen atoms in total. The molecular formula is C59H37NO. The molecule has 0 amide bonds. The third-order valence-electron chi connectivity index (χ3n) is 13.3. The molecule has 2 aliphatic carbocycles. The summed E-state index contributed by atoms with van der Waals surface area (Å²) in [6, 6.07) is 82.3. The van der Waals surface area contributed by atoms with Crippen molar-refractivity contribution in [2.24, 2.45) is 0 Å². The normalized spacial score (nSPS) is 13.0. The van der Waals surface area contributed by atoms with E-state index in [0.717, 1.165) is 50.1 Å². The molecule has 0 fully saturated rings. The smallest absolute Gasteiger partial charge is 0.136 e. The summed E-state index contributed by atoms with van der Waals surface area (Å²) < 4.78 is 6.29. The van der Waals surface area contributed by atoms with Gasteiger partial charge >= 0.3 is 0 Å². The maximum absolute atomic E-state index is 6.29. The maximum Gasteiger partial charge on any atom is 0.136 e. The minimum absolute atomic E-state index is 0.436. The van der Waals surface area contributed by atoms with Crippen molar-refractivity contribution in [3.8, 4) is 44.5 Å². The Morgan fingerprint density at radius 1 is 0.311 bits per heavy atom. The first-order chi connectivity index (χ1) is 30.3. The first-order valence-electron chi connectivity index (χ1n) is 21.1. The number of furan rings is 1. The van der Waals surface area contributed by atoms with Gasteiger partial charge in [-0.1, -0.05) is 176 Å². The predicted octanol–water partition coefficient (Wildman–Crippen LogP) is 15.9. The summed E-state index contributed by atoms with van der Waals surface area (Å²) in [5, 5.41) is 4.78. The molecule has 2 heteroatoms. The highest BCUT2D eigenvalue weighted by atomic mass is 16.3. The Labute approximate surface area is 354 Å². The lowest BCUT2D eigenvalue weighted by Gasteiger charge is -2.32. The molecule has 1 heterocycles. The lowest BCUT2D eigenvalue weighted by Crippen LogP contribution is -2.26. The van der Waals surface area contributed by atoms with Crippen molar-refractivity contribution >= 4 is 49.8 Å². The van der Waals surface area contributed by atoms with Crippen LogP contribution in [0.15, 0.2) is 229 Å². The van der Waals surface area contributed by atoms with Crippen LogP contribution in [0.2, 0.25) is 0 Å². The first kappa shape index (κ1) is 34.0. The molecule has 2 aliphatic rings. The van der Waals surface area contributed by atoms with Crippen molar-refractivity contribution in [3.05, 3.63) is 247 Å². The summed E-state index contributed by atoms with van der Waals surface area (Å²) in [5.74, 6) is 0. The summed E-state index contributed by atoms with van der Waals surface area (Å²) in [5.41, 5.74) is 19.9. The predicted molar refractivity (Wildman–Crippen MR) is 253 cm³/mol. The highest BCUT2D eigenvalue weighted by molar-refractivity contribution is 6.12. The van der Waals surface area contributed by atoms with Gasteiger partial charge in [0.15, 0.2) is 0 Å². The molecule has 13 rings (SSSR count). The number of anilines is 3. The Morgan fingerprint density at radius 2 is 0.770 bits per heavy atom. The zero-order valence-corrected chi connectivity index (χ0v) is 33.2. The minimum atomic E-state index is -0.436. The van der Waals surface area contributed by atoms with Gasteiger partial charge in [-0.2, -0.15) is 0 Å². The van der Waals surface area contributed by atoms with Crippen molar-refractivity contribution in [2.45, 2.75) is 5.41 Å². The van der Waals surface area contributed by atoms with Gasteiger partial charge < -0.3 is 9.32 Å². The molecule has 0 saturated carbocycles. The quantitative estimate of drug-likeness (QED) is 0.173. The van der Waals surface area contributed by atoms with Gasteiger partial charge in [-0.05, 0) is 126 Å². The first-order valence-corrected chi connectivity index (χ1v) is 21.1. The van der Waals surface area contributed by atoms with E-state index >= 15 is 0 Å². The van der Waals surface area contributed by atoms with Gasteiger partial charge in [0.05, 0.1) is 5.41 Å². The Kier molecular flexibility index (Phi) is 7.26. The van der Waals surface area contributed by atoms with E-state index in [0.29, 0.717) is 0 Å². The van der Waals surface area contributed by atoms with Gasteiger partial charge in [-0.15, -0.1) is 0 Å². The zero-order valence-electron chi connectivity index (χ0n) is 33.2. The van der Waals surface area contributed by atoms with Crippen LogP contribution < -0.4 is 4.90 Å². The van der Waals surface area contributed by atoms with Gasteiger partial charge in [0.25, 0.3) is 0 Å². The van der Waals surface area contributed by atoms with Gasteiger partial charge in [0.2, 0.25) is 0 Å². The number of rotatable bonds is 5. The number of para-hydroxylation sites is 1.